The molecule has 1 saturated carbocycles. The van der Waals surface area contributed by atoms with Gasteiger partial charge in [0.1, 0.15) is 29.9 Å². The largest absolute Gasteiger partial charge is 0.488 e. The normalized spacial score (nSPS) is 25.5. The summed E-state index contributed by atoms with van der Waals surface area (Å²) in [5.41, 5.74) is 0.815. The number of hydrogen-bond acceptors (Lipinski definition) is 5. The van der Waals surface area contributed by atoms with Crippen LogP contribution >= 0.6 is 0 Å². The number of ether oxygens (including phenoxy) is 1. The highest BCUT2D eigenvalue weighted by Gasteiger charge is 2.39. The molecule has 1 fully saturated rings. The molecule has 1 aliphatic rings. The summed E-state index contributed by atoms with van der Waals surface area (Å²) in [7, 11) is 0. The van der Waals surface area contributed by atoms with E-state index in [9.17, 15) is 19.4 Å². The third kappa shape index (κ3) is 4.56. The van der Waals surface area contributed by atoms with Gasteiger partial charge in [-0.1, -0.05) is 6.07 Å². The first kappa shape index (κ1) is 18.3. The minimum atomic E-state index is -1.18. The van der Waals surface area contributed by atoms with Gasteiger partial charge in [0.25, 0.3) is 0 Å². The Morgan fingerprint density at radius 1 is 1.19 bits per heavy atom. The van der Waals surface area contributed by atoms with E-state index in [2.05, 4.69) is 10.3 Å². The topological polar surface area (TPSA) is 91.7 Å². The van der Waals surface area contributed by atoms with Gasteiger partial charge < -0.3 is 20.3 Å². The van der Waals surface area contributed by atoms with Crippen molar-refractivity contribution in [2.75, 3.05) is 0 Å². The number of nitrogens with one attached hydrogen (secondary N) is 1. The van der Waals surface area contributed by atoms with Crippen LogP contribution in [-0.4, -0.2) is 45.5 Å². The zero-order valence-corrected chi connectivity index (χ0v) is 14.1. The van der Waals surface area contributed by atoms with E-state index in [-0.39, 0.29) is 12.3 Å². The maximum absolute atomic E-state index is 13.2. The van der Waals surface area contributed by atoms with E-state index < -0.39 is 30.2 Å². The van der Waals surface area contributed by atoms with Crippen LogP contribution in [0, 0.1) is 5.82 Å². The van der Waals surface area contributed by atoms with Crippen LogP contribution in [-0.2, 0) is 11.2 Å². The maximum atomic E-state index is 13.2. The fourth-order valence-electron chi connectivity index (χ4n) is 3.09. The molecule has 1 aromatic carbocycles. The lowest BCUT2D eigenvalue weighted by molar-refractivity contribution is -0.126. The van der Waals surface area contributed by atoms with Crippen LogP contribution in [0.1, 0.15) is 18.4 Å². The van der Waals surface area contributed by atoms with Crippen molar-refractivity contribution < 1.29 is 24.1 Å². The number of pyridine rings is 1. The lowest BCUT2D eigenvalue weighted by Gasteiger charge is -2.37. The van der Waals surface area contributed by atoms with E-state index in [1.54, 1.807) is 30.6 Å². The van der Waals surface area contributed by atoms with E-state index in [1.165, 1.54) is 18.2 Å². The van der Waals surface area contributed by atoms with Gasteiger partial charge in [-0.05, 0) is 42.7 Å². The van der Waals surface area contributed by atoms with Gasteiger partial charge in [-0.3, -0.25) is 9.78 Å². The van der Waals surface area contributed by atoms with Gasteiger partial charge in [0.2, 0.25) is 5.91 Å². The summed E-state index contributed by atoms with van der Waals surface area (Å²) in [6.45, 7) is 0. The van der Waals surface area contributed by atoms with Gasteiger partial charge in [-0.15, -0.1) is 0 Å². The molecule has 3 rings (SSSR count). The van der Waals surface area contributed by atoms with Crippen LogP contribution < -0.4 is 10.1 Å². The molecule has 3 N–H and O–H groups in total. The molecule has 0 radical (unpaired) electrons. The van der Waals surface area contributed by atoms with Crippen LogP contribution in [0.2, 0.25) is 0 Å². The standard InChI is InChI=1S/C19H21FN2O4/c20-13-2-1-3-14(11-13)26-16-5-4-15(18(24)19(16)25)22-17(23)10-12-6-8-21-9-7-12/h1-3,6-9,11,15-16,18-19,24-25H,4-5,10H2,(H,22,23)/t15-,16-,18-,19-/m1/s1. The van der Waals surface area contributed by atoms with E-state index in [4.69, 9.17) is 4.74 Å². The molecule has 7 heteroatoms. The van der Waals surface area contributed by atoms with Gasteiger partial charge in [-0.25, -0.2) is 4.39 Å². The molecular formula is C19H21FN2O4. The van der Waals surface area contributed by atoms with E-state index in [0.29, 0.717) is 18.6 Å². The molecule has 2 aromatic rings. The first-order valence-corrected chi connectivity index (χ1v) is 8.49. The van der Waals surface area contributed by atoms with Crippen molar-refractivity contribution in [1.82, 2.24) is 10.3 Å². The van der Waals surface area contributed by atoms with Crippen molar-refractivity contribution in [3.05, 3.63) is 60.2 Å². The number of amides is 1. The van der Waals surface area contributed by atoms with Crippen molar-refractivity contribution in [3.8, 4) is 5.75 Å². The molecule has 1 aliphatic carbocycles. The summed E-state index contributed by atoms with van der Waals surface area (Å²) in [5.74, 6) is -0.382. The van der Waals surface area contributed by atoms with Crippen molar-refractivity contribution in [2.24, 2.45) is 0 Å². The molecule has 1 aromatic heterocycles. The number of aromatic nitrogens is 1. The highest BCUT2D eigenvalue weighted by atomic mass is 19.1. The molecule has 0 bridgehead atoms. The predicted molar refractivity (Wildman–Crippen MR) is 91.9 cm³/mol. The fraction of sp³-hybridized carbons (Fsp3) is 0.368. The van der Waals surface area contributed by atoms with Gasteiger partial charge in [0.15, 0.2) is 0 Å². The minimum absolute atomic E-state index is 0.172. The molecule has 26 heavy (non-hydrogen) atoms. The van der Waals surface area contributed by atoms with Crippen LogP contribution in [0.4, 0.5) is 4.39 Å². The average molecular weight is 360 g/mol. The third-order valence-corrected chi connectivity index (χ3v) is 4.45. The van der Waals surface area contributed by atoms with E-state index in [1.807, 2.05) is 0 Å². The number of nitrogens with zero attached hydrogens (tertiary/aromatic N) is 1. The van der Waals surface area contributed by atoms with Gasteiger partial charge >= 0.3 is 0 Å². The summed E-state index contributed by atoms with van der Waals surface area (Å²) >= 11 is 0. The van der Waals surface area contributed by atoms with Crippen LogP contribution in [0.3, 0.4) is 0 Å². The Labute approximate surface area is 150 Å². The Morgan fingerprint density at radius 2 is 1.96 bits per heavy atom. The second kappa shape index (κ2) is 8.25. The molecular weight excluding hydrogens is 339 g/mol. The smallest absolute Gasteiger partial charge is 0.224 e. The number of halogens is 1. The fourth-order valence-corrected chi connectivity index (χ4v) is 3.09. The molecule has 1 heterocycles. The number of aliphatic hydroxyl groups excluding tert-OH is 2. The van der Waals surface area contributed by atoms with Gasteiger partial charge in [0.05, 0.1) is 12.5 Å². The quantitative estimate of drug-likeness (QED) is 0.746. The average Bonchev–Trinajstić information content (AvgIpc) is 2.62. The van der Waals surface area contributed by atoms with Crippen molar-refractivity contribution >= 4 is 5.91 Å². The van der Waals surface area contributed by atoms with Gasteiger partial charge in [0, 0.05) is 18.5 Å². The molecule has 6 nitrogen and oxygen atoms in total. The number of carbonyl (C=O) groups is 1. The molecule has 0 spiro atoms. The second-order valence-corrected chi connectivity index (χ2v) is 6.38. The first-order chi connectivity index (χ1) is 12.5. The number of benzene rings is 1. The predicted octanol–water partition coefficient (Wildman–Crippen LogP) is 1.21. The zero-order chi connectivity index (χ0) is 18.5. The van der Waals surface area contributed by atoms with Crippen LogP contribution in [0.15, 0.2) is 48.8 Å². The summed E-state index contributed by atoms with van der Waals surface area (Å²) in [5, 5.41) is 23.4. The Kier molecular flexibility index (Phi) is 5.80. The molecule has 0 aliphatic heterocycles. The van der Waals surface area contributed by atoms with Crippen LogP contribution in [0.25, 0.3) is 0 Å². The lowest BCUT2D eigenvalue weighted by Crippen LogP contribution is -2.57. The van der Waals surface area contributed by atoms with Gasteiger partial charge in [-0.2, -0.15) is 0 Å². The molecule has 0 unspecified atom stereocenters. The summed E-state index contributed by atoms with van der Waals surface area (Å²) in [6.07, 6.45) is 1.24. The Morgan fingerprint density at radius 3 is 2.69 bits per heavy atom. The first-order valence-electron chi connectivity index (χ1n) is 8.49. The summed E-state index contributed by atoms with van der Waals surface area (Å²) < 4.78 is 18.8. The maximum Gasteiger partial charge on any atom is 0.224 e. The molecule has 4 atom stereocenters. The highest BCUT2D eigenvalue weighted by Crippen LogP contribution is 2.25. The minimum Gasteiger partial charge on any atom is -0.488 e. The number of hydrogen-bond donors (Lipinski definition) is 3. The van der Waals surface area contributed by atoms with Crippen molar-refractivity contribution in [1.29, 1.82) is 0 Å². The summed E-state index contributed by atoms with van der Waals surface area (Å²) in [6, 6.07) is 8.55. The molecule has 138 valence electrons. The molecule has 1 amide bonds. The molecule has 0 saturated heterocycles. The number of carbonyl (C=O) groups excluding carboxylic acids is 1. The Bertz CT molecular complexity index is 743. The van der Waals surface area contributed by atoms with E-state index in [0.717, 1.165) is 5.56 Å². The third-order valence-electron chi connectivity index (χ3n) is 4.45. The number of rotatable bonds is 5. The van der Waals surface area contributed by atoms with Crippen molar-refractivity contribution in [3.63, 3.8) is 0 Å². The number of aliphatic hydroxyl groups is 2. The second-order valence-electron chi connectivity index (χ2n) is 6.38. The highest BCUT2D eigenvalue weighted by molar-refractivity contribution is 5.78. The lowest BCUT2D eigenvalue weighted by atomic mass is 9.87. The van der Waals surface area contributed by atoms with E-state index >= 15 is 0 Å². The summed E-state index contributed by atoms with van der Waals surface area (Å²) in [4.78, 5) is 16.0. The SMILES string of the molecule is O=C(Cc1ccncc1)N[C@@H]1CC[C@@H](Oc2cccc(F)c2)[C@@H](O)[C@@H]1O. The zero-order valence-electron chi connectivity index (χ0n) is 14.1. The van der Waals surface area contributed by atoms with Crippen LogP contribution in [0.5, 0.6) is 5.75 Å². The Balaban J connectivity index is 1.55. The monoisotopic (exact) mass is 360 g/mol. The Hall–Kier alpha value is -2.51. The van der Waals surface area contributed by atoms with Crippen molar-refractivity contribution in [2.45, 2.75) is 43.6 Å².